The Kier molecular flexibility index (Phi) is 3.21. The number of hydrogen-bond donors (Lipinski definition) is 1. The van der Waals surface area contributed by atoms with E-state index in [4.69, 9.17) is 9.84 Å². The number of halogens is 1. The van der Waals surface area contributed by atoms with Crippen LogP contribution in [0.25, 0.3) is 5.69 Å². The molecule has 1 aromatic carbocycles. The molecule has 104 valence electrons. The van der Waals surface area contributed by atoms with E-state index in [-0.39, 0.29) is 5.82 Å². The van der Waals surface area contributed by atoms with Gasteiger partial charge in [-0.3, -0.25) is 0 Å². The number of aromatic nitrogens is 3. The first-order valence-electron chi connectivity index (χ1n) is 6.14. The van der Waals surface area contributed by atoms with Gasteiger partial charge in [0.2, 0.25) is 0 Å². The Balaban J connectivity index is 2.08. The summed E-state index contributed by atoms with van der Waals surface area (Å²) in [4.78, 5) is 15.2. The van der Waals surface area contributed by atoms with E-state index in [1.165, 1.54) is 0 Å². The van der Waals surface area contributed by atoms with Crippen LogP contribution in [0.3, 0.4) is 0 Å². The van der Waals surface area contributed by atoms with E-state index in [1.807, 2.05) is 12.1 Å². The van der Waals surface area contributed by atoms with Gasteiger partial charge in [0.1, 0.15) is 11.6 Å². The Morgan fingerprint density at radius 2 is 2.25 bits per heavy atom. The molecule has 1 aliphatic rings. The molecular formula is C13H12BrN3O3. The highest BCUT2D eigenvalue weighted by atomic mass is 79.9. The van der Waals surface area contributed by atoms with Crippen LogP contribution in [0.2, 0.25) is 0 Å². The second-order valence-electron chi connectivity index (χ2n) is 4.60. The summed E-state index contributed by atoms with van der Waals surface area (Å²) in [6.45, 7) is 0. The fourth-order valence-electron chi connectivity index (χ4n) is 2.00. The molecule has 0 saturated heterocycles. The molecule has 7 heteroatoms. The summed E-state index contributed by atoms with van der Waals surface area (Å²) < 4.78 is 7.57. The molecule has 0 spiro atoms. The second kappa shape index (κ2) is 4.90. The molecule has 3 rings (SSSR count). The standard InChI is InChI=1S/C13H12BrN3O3/c1-20-10-5-4-8(6-9(10)14)17-12(7-2-3-7)15-11(16-17)13(18)19/h4-7H,2-3H2,1H3,(H,18,19). The molecule has 20 heavy (non-hydrogen) atoms. The first kappa shape index (κ1) is 13.1. The van der Waals surface area contributed by atoms with Crippen molar-refractivity contribution in [2.45, 2.75) is 18.8 Å². The summed E-state index contributed by atoms with van der Waals surface area (Å²) in [5, 5.41) is 13.1. The molecule has 2 aromatic rings. The van der Waals surface area contributed by atoms with Crippen molar-refractivity contribution < 1.29 is 14.6 Å². The van der Waals surface area contributed by atoms with Crippen LogP contribution in [0, 0.1) is 0 Å². The van der Waals surface area contributed by atoms with Gasteiger partial charge in [-0.25, -0.2) is 14.5 Å². The predicted molar refractivity (Wildman–Crippen MR) is 74.5 cm³/mol. The number of carboxylic acids is 1. The Morgan fingerprint density at radius 1 is 1.50 bits per heavy atom. The van der Waals surface area contributed by atoms with Gasteiger partial charge in [0, 0.05) is 5.92 Å². The molecule has 0 unspecified atom stereocenters. The van der Waals surface area contributed by atoms with E-state index in [0.29, 0.717) is 17.5 Å². The zero-order chi connectivity index (χ0) is 14.3. The second-order valence-corrected chi connectivity index (χ2v) is 5.46. The molecular weight excluding hydrogens is 326 g/mol. The molecule has 6 nitrogen and oxygen atoms in total. The van der Waals surface area contributed by atoms with Crippen molar-refractivity contribution >= 4 is 21.9 Å². The smallest absolute Gasteiger partial charge is 0.375 e. The number of benzene rings is 1. The Labute approximate surface area is 123 Å². The lowest BCUT2D eigenvalue weighted by Gasteiger charge is -2.08. The molecule has 1 fully saturated rings. The first-order chi connectivity index (χ1) is 9.60. The van der Waals surface area contributed by atoms with E-state index in [2.05, 4.69) is 26.0 Å². The summed E-state index contributed by atoms with van der Waals surface area (Å²) in [5.41, 5.74) is 0.763. The SMILES string of the molecule is COc1ccc(-n2nc(C(=O)O)nc2C2CC2)cc1Br. The maximum atomic E-state index is 11.0. The van der Waals surface area contributed by atoms with E-state index in [0.717, 1.165) is 23.0 Å². The van der Waals surface area contributed by atoms with Crippen molar-refractivity contribution in [3.63, 3.8) is 0 Å². The quantitative estimate of drug-likeness (QED) is 0.927. The molecule has 1 saturated carbocycles. The number of aromatic carboxylic acids is 1. The topological polar surface area (TPSA) is 77.2 Å². The first-order valence-corrected chi connectivity index (χ1v) is 6.93. The van der Waals surface area contributed by atoms with Crippen molar-refractivity contribution in [1.82, 2.24) is 14.8 Å². The molecule has 0 atom stereocenters. The van der Waals surface area contributed by atoms with Gasteiger partial charge < -0.3 is 9.84 Å². The number of nitrogens with zero attached hydrogens (tertiary/aromatic N) is 3. The van der Waals surface area contributed by atoms with Gasteiger partial charge in [-0.1, -0.05) is 0 Å². The maximum absolute atomic E-state index is 11.0. The van der Waals surface area contributed by atoms with Crippen LogP contribution in [-0.2, 0) is 0 Å². The lowest BCUT2D eigenvalue weighted by atomic mass is 10.3. The predicted octanol–water partition coefficient (Wildman–Crippen LogP) is 2.61. The van der Waals surface area contributed by atoms with Crippen molar-refractivity contribution in [2.75, 3.05) is 7.11 Å². The van der Waals surface area contributed by atoms with Crippen LogP contribution < -0.4 is 4.74 Å². The third kappa shape index (κ3) is 2.29. The molecule has 0 aliphatic heterocycles. The highest BCUT2D eigenvalue weighted by Crippen LogP contribution is 2.40. The van der Waals surface area contributed by atoms with Crippen LogP contribution in [0.4, 0.5) is 0 Å². The molecule has 0 bridgehead atoms. The van der Waals surface area contributed by atoms with Gasteiger partial charge in [-0.05, 0) is 47.0 Å². The average Bonchev–Trinajstić information content (AvgIpc) is 3.17. The number of carboxylic acid groups (broad SMARTS) is 1. The van der Waals surface area contributed by atoms with E-state index >= 15 is 0 Å². The lowest BCUT2D eigenvalue weighted by Crippen LogP contribution is -2.03. The van der Waals surface area contributed by atoms with Crippen LogP contribution in [0.5, 0.6) is 5.75 Å². The highest BCUT2D eigenvalue weighted by Gasteiger charge is 2.31. The zero-order valence-electron chi connectivity index (χ0n) is 10.7. The van der Waals surface area contributed by atoms with E-state index < -0.39 is 5.97 Å². The summed E-state index contributed by atoms with van der Waals surface area (Å²) in [5.74, 6) is 0.438. The van der Waals surface area contributed by atoms with Crippen molar-refractivity contribution in [3.05, 3.63) is 34.3 Å². The van der Waals surface area contributed by atoms with E-state index in [1.54, 1.807) is 17.9 Å². The zero-order valence-corrected chi connectivity index (χ0v) is 12.3. The number of rotatable bonds is 4. The van der Waals surface area contributed by atoms with Gasteiger partial charge >= 0.3 is 5.97 Å². The molecule has 1 N–H and O–H groups in total. The number of methoxy groups -OCH3 is 1. The van der Waals surface area contributed by atoms with Gasteiger partial charge in [-0.15, -0.1) is 5.10 Å². The summed E-state index contributed by atoms with van der Waals surface area (Å²) in [6.07, 6.45) is 2.05. The van der Waals surface area contributed by atoms with Gasteiger partial charge in [0.05, 0.1) is 17.3 Å². The van der Waals surface area contributed by atoms with Crippen LogP contribution in [0.15, 0.2) is 22.7 Å². The maximum Gasteiger partial charge on any atom is 0.375 e. The molecule has 1 aliphatic carbocycles. The molecule has 0 amide bonds. The van der Waals surface area contributed by atoms with Gasteiger partial charge in [-0.2, -0.15) is 0 Å². The third-order valence-electron chi connectivity index (χ3n) is 3.15. The number of ether oxygens (including phenoxy) is 1. The van der Waals surface area contributed by atoms with E-state index in [9.17, 15) is 4.79 Å². The Morgan fingerprint density at radius 3 is 2.80 bits per heavy atom. The molecule has 0 radical (unpaired) electrons. The van der Waals surface area contributed by atoms with Crippen LogP contribution in [0.1, 0.15) is 35.2 Å². The molecule has 1 heterocycles. The normalized spacial score (nSPS) is 14.3. The fourth-order valence-corrected chi connectivity index (χ4v) is 2.53. The largest absolute Gasteiger partial charge is 0.496 e. The number of hydrogen-bond acceptors (Lipinski definition) is 4. The van der Waals surface area contributed by atoms with Crippen LogP contribution >= 0.6 is 15.9 Å². The summed E-state index contributed by atoms with van der Waals surface area (Å²) in [7, 11) is 1.59. The van der Waals surface area contributed by atoms with Crippen molar-refractivity contribution in [3.8, 4) is 11.4 Å². The Hall–Kier alpha value is -1.89. The fraction of sp³-hybridized carbons (Fsp3) is 0.308. The van der Waals surface area contributed by atoms with Gasteiger partial charge in [0.25, 0.3) is 5.82 Å². The van der Waals surface area contributed by atoms with Gasteiger partial charge in [0.15, 0.2) is 0 Å². The number of carbonyl (C=O) groups is 1. The third-order valence-corrected chi connectivity index (χ3v) is 3.77. The average molecular weight is 338 g/mol. The minimum absolute atomic E-state index is 0.168. The summed E-state index contributed by atoms with van der Waals surface area (Å²) in [6, 6.07) is 5.47. The Bertz CT molecular complexity index is 679. The van der Waals surface area contributed by atoms with Crippen molar-refractivity contribution in [2.24, 2.45) is 0 Å². The monoisotopic (exact) mass is 337 g/mol. The lowest BCUT2D eigenvalue weighted by molar-refractivity contribution is 0.0683. The van der Waals surface area contributed by atoms with Crippen molar-refractivity contribution in [1.29, 1.82) is 0 Å². The summed E-state index contributed by atoms with van der Waals surface area (Å²) >= 11 is 3.41. The van der Waals surface area contributed by atoms with Crippen LogP contribution in [-0.4, -0.2) is 33.0 Å². The molecule has 1 aromatic heterocycles. The highest BCUT2D eigenvalue weighted by molar-refractivity contribution is 9.10. The minimum atomic E-state index is -1.11. The minimum Gasteiger partial charge on any atom is -0.496 e.